The van der Waals surface area contributed by atoms with Gasteiger partial charge in [0.15, 0.2) is 0 Å². The Morgan fingerprint density at radius 1 is 1.26 bits per heavy atom. The number of aliphatic hydroxyl groups excluding tert-OH is 2. The highest BCUT2D eigenvalue weighted by atomic mass is 19.1. The van der Waals surface area contributed by atoms with Crippen LogP contribution in [0.5, 0.6) is 0 Å². The van der Waals surface area contributed by atoms with E-state index in [2.05, 4.69) is 5.32 Å². The van der Waals surface area contributed by atoms with E-state index < -0.39 is 23.8 Å². The van der Waals surface area contributed by atoms with E-state index in [0.717, 1.165) is 12.1 Å². The Bertz CT molecular complexity index is 370. The van der Waals surface area contributed by atoms with Crippen molar-refractivity contribution in [2.75, 3.05) is 26.8 Å². The lowest BCUT2D eigenvalue weighted by Gasteiger charge is -2.15. The van der Waals surface area contributed by atoms with Gasteiger partial charge in [-0.2, -0.15) is 0 Å². The smallest absolute Gasteiger partial charge is 0.131 e. The van der Waals surface area contributed by atoms with Crippen molar-refractivity contribution in [2.24, 2.45) is 0 Å². The Balaban J connectivity index is 2.37. The van der Waals surface area contributed by atoms with Crippen molar-refractivity contribution in [2.45, 2.75) is 18.6 Å². The third-order valence-electron chi connectivity index (χ3n) is 2.68. The number of hydrogen-bond acceptors (Lipinski definition) is 4. The zero-order chi connectivity index (χ0) is 14.3. The quantitative estimate of drug-likeness (QED) is 0.619. The van der Waals surface area contributed by atoms with Crippen LogP contribution in [0.4, 0.5) is 8.78 Å². The second-order valence-corrected chi connectivity index (χ2v) is 4.25. The molecule has 4 nitrogen and oxygen atoms in total. The minimum Gasteiger partial charge on any atom is -0.391 e. The molecule has 19 heavy (non-hydrogen) atoms. The molecule has 6 heteroatoms. The first kappa shape index (κ1) is 16.0. The summed E-state index contributed by atoms with van der Waals surface area (Å²) in [5.41, 5.74) is -0.340. The van der Waals surface area contributed by atoms with Crippen LogP contribution < -0.4 is 5.32 Å². The third kappa shape index (κ3) is 5.20. The number of benzene rings is 1. The van der Waals surface area contributed by atoms with Gasteiger partial charge in [0.1, 0.15) is 11.6 Å². The largest absolute Gasteiger partial charge is 0.391 e. The first-order valence-corrected chi connectivity index (χ1v) is 6.06. The molecular formula is C13H19F2NO3. The highest BCUT2D eigenvalue weighted by molar-refractivity contribution is 5.22. The minimum absolute atomic E-state index is 0.0115. The lowest BCUT2D eigenvalue weighted by molar-refractivity contribution is 0.0586. The van der Waals surface area contributed by atoms with E-state index in [-0.39, 0.29) is 18.7 Å². The molecule has 0 saturated carbocycles. The summed E-state index contributed by atoms with van der Waals surface area (Å²) >= 11 is 0. The lowest BCUT2D eigenvalue weighted by atomic mass is 10.1. The Morgan fingerprint density at radius 3 is 2.47 bits per heavy atom. The molecule has 0 aliphatic rings. The number of methoxy groups -OCH3 is 1. The molecule has 0 fully saturated rings. The van der Waals surface area contributed by atoms with Crippen LogP contribution in [0.15, 0.2) is 18.2 Å². The average molecular weight is 275 g/mol. The zero-order valence-corrected chi connectivity index (χ0v) is 10.8. The van der Waals surface area contributed by atoms with Crippen LogP contribution >= 0.6 is 0 Å². The second kappa shape index (κ2) is 8.16. The summed E-state index contributed by atoms with van der Waals surface area (Å²) in [4.78, 5) is 0. The molecule has 0 aliphatic heterocycles. The van der Waals surface area contributed by atoms with Gasteiger partial charge in [-0.25, -0.2) is 8.78 Å². The first-order chi connectivity index (χ1) is 9.06. The molecule has 3 N–H and O–H groups in total. The predicted octanol–water partition coefficient (Wildman–Crippen LogP) is 0.985. The normalized spacial score (nSPS) is 14.4. The molecule has 0 amide bonds. The van der Waals surface area contributed by atoms with Crippen molar-refractivity contribution in [3.8, 4) is 0 Å². The summed E-state index contributed by atoms with van der Waals surface area (Å²) in [6, 6.07) is 3.45. The van der Waals surface area contributed by atoms with Crippen molar-refractivity contribution in [3.05, 3.63) is 35.4 Å². The average Bonchev–Trinajstić information content (AvgIpc) is 2.35. The van der Waals surface area contributed by atoms with Gasteiger partial charge < -0.3 is 20.3 Å². The second-order valence-electron chi connectivity index (χ2n) is 4.25. The van der Waals surface area contributed by atoms with E-state index in [0.29, 0.717) is 13.0 Å². The van der Waals surface area contributed by atoms with Crippen LogP contribution in [0.2, 0.25) is 0 Å². The molecule has 0 bridgehead atoms. The lowest BCUT2D eigenvalue weighted by Crippen LogP contribution is -2.27. The van der Waals surface area contributed by atoms with Crippen molar-refractivity contribution >= 4 is 0 Å². The van der Waals surface area contributed by atoms with Gasteiger partial charge >= 0.3 is 0 Å². The number of halogens is 2. The number of ether oxygens (including phenoxy) is 1. The SMILES string of the molecule is COCC(O)CCNCC(O)c1c(F)cccc1F. The number of rotatable bonds is 8. The van der Waals surface area contributed by atoms with E-state index in [4.69, 9.17) is 4.74 Å². The van der Waals surface area contributed by atoms with E-state index in [1.807, 2.05) is 0 Å². The van der Waals surface area contributed by atoms with Crippen LogP contribution in [0, 0.1) is 11.6 Å². The van der Waals surface area contributed by atoms with Crippen LogP contribution in [-0.2, 0) is 4.74 Å². The maximum Gasteiger partial charge on any atom is 0.131 e. The van der Waals surface area contributed by atoms with Gasteiger partial charge in [-0.05, 0) is 25.1 Å². The van der Waals surface area contributed by atoms with Crippen molar-refractivity contribution in [1.82, 2.24) is 5.32 Å². The summed E-state index contributed by atoms with van der Waals surface area (Å²) in [6.07, 6.45) is -1.43. The van der Waals surface area contributed by atoms with Crippen molar-refractivity contribution in [1.29, 1.82) is 0 Å². The summed E-state index contributed by atoms with van der Waals surface area (Å²) < 4.78 is 31.5. The molecule has 2 unspecified atom stereocenters. The fourth-order valence-corrected chi connectivity index (χ4v) is 1.71. The molecule has 0 radical (unpaired) electrons. The van der Waals surface area contributed by atoms with Gasteiger partial charge in [0.25, 0.3) is 0 Å². The van der Waals surface area contributed by atoms with Gasteiger partial charge in [-0.3, -0.25) is 0 Å². The van der Waals surface area contributed by atoms with Gasteiger partial charge in [-0.1, -0.05) is 6.07 Å². The number of aliphatic hydroxyl groups is 2. The summed E-state index contributed by atoms with van der Waals surface area (Å²) in [6.45, 7) is 0.654. The van der Waals surface area contributed by atoms with E-state index >= 15 is 0 Å². The minimum atomic E-state index is -1.26. The number of hydrogen-bond donors (Lipinski definition) is 3. The molecule has 108 valence electrons. The molecule has 0 heterocycles. The van der Waals surface area contributed by atoms with Gasteiger partial charge in [0.2, 0.25) is 0 Å². The van der Waals surface area contributed by atoms with Gasteiger partial charge in [-0.15, -0.1) is 0 Å². The molecule has 2 atom stereocenters. The van der Waals surface area contributed by atoms with Crippen LogP contribution in [0.25, 0.3) is 0 Å². The summed E-state index contributed by atoms with van der Waals surface area (Å²) in [5.74, 6) is -1.54. The molecular weight excluding hydrogens is 256 g/mol. The topological polar surface area (TPSA) is 61.7 Å². The first-order valence-electron chi connectivity index (χ1n) is 6.06. The van der Waals surface area contributed by atoms with Crippen molar-refractivity contribution < 1.29 is 23.7 Å². The van der Waals surface area contributed by atoms with Crippen LogP contribution in [0.3, 0.4) is 0 Å². The van der Waals surface area contributed by atoms with Crippen molar-refractivity contribution in [3.63, 3.8) is 0 Å². The van der Waals surface area contributed by atoms with E-state index in [9.17, 15) is 19.0 Å². The van der Waals surface area contributed by atoms with Crippen LogP contribution in [0.1, 0.15) is 18.1 Å². The predicted molar refractivity (Wildman–Crippen MR) is 66.7 cm³/mol. The maximum atomic E-state index is 13.4. The Hall–Kier alpha value is -1.08. The number of nitrogens with one attached hydrogen (secondary N) is 1. The van der Waals surface area contributed by atoms with Gasteiger partial charge in [0.05, 0.1) is 24.4 Å². The molecule has 0 saturated heterocycles. The molecule has 0 aromatic heterocycles. The standard InChI is InChI=1S/C13H19F2NO3/c1-19-8-9(17)5-6-16-7-12(18)13-10(14)3-2-4-11(13)15/h2-4,9,12,16-18H,5-8H2,1H3. The Morgan fingerprint density at radius 2 is 1.89 bits per heavy atom. The molecule has 0 spiro atoms. The summed E-state index contributed by atoms with van der Waals surface area (Å²) in [7, 11) is 1.49. The molecule has 1 aromatic carbocycles. The molecule has 1 aromatic rings. The Labute approximate surface area is 111 Å². The van der Waals surface area contributed by atoms with E-state index in [1.165, 1.54) is 13.2 Å². The third-order valence-corrected chi connectivity index (χ3v) is 2.68. The monoisotopic (exact) mass is 275 g/mol. The van der Waals surface area contributed by atoms with E-state index in [1.54, 1.807) is 0 Å². The van der Waals surface area contributed by atoms with Gasteiger partial charge in [0, 0.05) is 13.7 Å². The Kier molecular flexibility index (Phi) is 6.86. The zero-order valence-electron chi connectivity index (χ0n) is 10.8. The maximum absolute atomic E-state index is 13.4. The molecule has 0 aliphatic carbocycles. The highest BCUT2D eigenvalue weighted by Crippen LogP contribution is 2.19. The highest BCUT2D eigenvalue weighted by Gasteiger charge is 2.17. The fraction of sp³-hybridized carbons (Fsp3) is 0.538. The van der Waals surface area contributed by atoms with Crippen LogP contribution in [-0.4, -0.2) is 43.1 Å². The molecule has 1 rings (SSSR count). The fourth-order valence-electron chi connectivity index (χ4n) is 1.71. The summed E-state index contributed by atoms with van der Waals surface area (Å²) in [5, 5.41) is 21.9.